The minimum absolute atomic E-state index is 0.160. The standard InChI is InChI=1S/C20H13NOS/c22-19-15-8-4-2-6-13(15)11-16(19)20-21-18-14-7-3-1-5-12(14)9-10-17(18)23-20/h1-10,21H,11H2/b20-16-. The molecule has 3 heteroatoms. The minimum atomic E-state index is 0.160. The number of benzene rings is 3. The molecule has 0 unspecified atom stereocenters. The maximum absolute atomic E-state index is 12.7. The summed E-state index contributed by atoms with van der Waals surface area (Å²) in [7, 11) is 0. The van der Waals surface area contributed by atoms with E-state index in [0.29, 0.717) is 0 Å². The molecule has 1 heterocycles. The van der Waals surface area contributed by atoms with E-state index in [2.05, 4.69) is 35.6 Å². The first kappa shape index (κ1) is 13.0. The van der Waals surface area contributed by atoms with Gasteiger partial charge in [0.1, 0.15) is 0 Å². The van der Waals surface area contributed by atoms with Crippen molar-refractivity contribution in [1.82, 2.24) is 0 Å². The average Bonchev–Trinajstić information content (AvgIpc) is 3.17. The smallest absolute Gasteiger partial charge is 0.192 e. The highest BCUT2D eigenvalue weighted by atomic mass is 32.2. The lowest BCUT2D eigenvalue weighted by Crippen LogP contribution is -2.02. The van der Waals surface area contributed by atoms with Crippen LogP contribution < -0.4 is 5.32 Å². The number of Topliss-reactive ketones (excluding diaryl/α,β-unsaturated/α-hetero) is 1. The molecule has 0 saturated heterocycles. The minimum Gasteiger partial charge on any atom is -0.348 e. The van der Waals surface area contributed by atoms with Crippen LogP contribution in [0, 0.1) is 0 Å². The zero-order chi connectivity index (χ0) is 15.4. The van der Waals surface area contributed by atoms with Crippen LogP contribution in [0.25, 0.3) is 10.8 Å². The Kier molecular flexibility index (Phi) is 2.67. The Hall–Kier alpha value is -2.52. The third-order valence-corrected chi connectivity index (χ3v) is 5.63. The number of allylic oxidation sites excluding steroid dienone is 1. The lowest BCUT2D eigenvalue weighted by molar-refractivity contribution is 0.103. The van der Waals surface area contributed by atoms with Gasteiger partial charge in [-0.1, -0.05) is 66.4 Å². The van der Waals surface area contributed by atoms with Crippen LogP contribution in [0.15, 0.2) is 76.2 Å². The van der Waals surface area contributed by atoms with Crippen molar-refractivity contribution >= 4 is 34.0 Å². The zero-order valence-corrected chi connectivity index (χ0v) is 13.1. The van der Waals surface area contributed by atoms with Gasteiger partial charge in [0.2, 0.25) is 0 Å². The number of anilines is 1. The molecular formula is C20H13NOS. The molecule has 1 N–H and O–H groups in total. The van der Waals surface area contributed by atoms with Gasteiger partial charge in [-0.3, -0.25) is 4.79 Å². The lowest BCUT2D eigenvalue weighted by atomic mass is 10.1. The molecule has 1 aliphatic carbocycles. The first-order valence-electron chi connectivity index (χ1n) is 7.63. The highest BCUT2D eigenvalue weighted by molar-refractivity contribution is 8.03. The number of hydrogen-bond donors (Lipinski definition) is 1. The predicted molar refractivity (Wildman–Crippen MR) is 94.9 cm³/mol. The monoisotopic (exact) mass is 315 g/mol. The third-order valence-electron chi connectivity index (χ3n) is 4.52. The van der Waals surface area contributed by atoms with Gasteiger partial charge in [-0.15, -0.1) is 0 Å². The van der Waals surface area contributed by atoms with Crippen molar-refractivity contribution in [2.24, 2.45) is 0 Å². The van der Waals surface area contributed by atoms with E-state index in [1.165, 1.54) is 15.7 Å². The molecule has 0 radical (unpaired) electrons. The zero-order valence-electron chi connectivity index (χ0n) is 12.3. The Balaban J connectivity index is 1.63. The largest absolute Gasteiger partial charge is 0.348 e. The summed E-state index contributed by atoms with van der Waals surface area (Å²) < 4.78 is 0. The molecule has 110 valence electrons. The molecule has 1 aliphatic heterocycles. The first-order chi connectivity index (χ1) is 11.3. The number of thioether (sulfide) groups is 1. The van der Waals surface area contributed by atoms with Gasteiger partial charge in [-0.05, 0) is 17.0 Å². The van der Waals surface area contributed by atoms with Crippen molar-refractivity contribution in [2.45, 2.75) is 11.3 Å². The second-order valence-corrected chi connectivity index (χ2v) is 6.91. The van der Waals surface area contributed by atoms with E-state index < -0.39 is 0 Å². The molecule has 0 spiro atoms. The quantitative estimate of drug-likeness (QED) is 0.591. The molecule has 0 fully saturated rings. The van der Waals surface area contributed by atoms with Crippen LogP contribution in [-0.4, -0.2) is 5.78 Å². The molecule has 0 atom stereocenters. The van der Waals surface area contributed by atoms with Crippen LogP contribution in [-0.2, 0) is 6.42 Å². The fourth-order valence-corrected chi connectivity index (χ4v) is 4.42. The summed E-state index contributed by atoms with van der Waals surface area (Å²) in [5.41, 5.74) is 3.98. The van der Waals surface area contributed by atoms with Gasteiger partial charge in [0.05, 0.1) is 10.7 Å². The van der Waals surface area contributed by atoms with Crippen molar-refractivity contribution < 1.29 is 4.79 Å². The number of carbonyl (C=O) groups is 1. The topological polar surface area (TPSA) is 29.1 Å². The second-order valence-electron chi connectivity index (χ2n) is 5.86. The summed E-state index contributed by atoms with van der Waals surface area (Å²) in [6.45, 7) is 0. The van der Waals surface area contributed by atoms with Crippen LogP contribution in [0.1, 0.15) is 15.9 Å². The molecule has 0 amide bonds. The summed E-state index contributed by atoms with van der Waals surface area (Å²) in [5, 5.41) is 6.91. The molecule has 5 rings (SSSR count). The normalized spacial score (nSPS) is 18.9. The Labute approximate surface area is 138 Å². The molecule has 2 aliphatic rings. The summed E-state index contributed by atoms with van der Waals surface area (Å²) in [5.74, 6) is 0.160. The molecule has 0 saturated carbocycles. The summed E-state index contributed by atoms with van der Waals surface area (Å²) in [6.07, 6.45) is 0.719. The average molecular weight is 315 g/mol. The van der Waals surface area contributed by atoms with Crippen LogP contribution >= 0.6 is 11.8 Å². The van der Waals surface area contributed by atoms with Gasteiger partial charge in [0.15, 0.2) is 5.78 Å². The highest BCUT2D eigenvalue weighted by Crippen LogP contribution is 2.47. The lowest BCUT2D eigenvalue weighted by Gasteiger charge is -2.05. The Morgan fingerprint density at radius 3 is 2.65 bits per heavy atom. The first-order valence-corrected chi connectivity index (χ1v) is 8.45. The van der Waals surface area contributed by atoms with E-state index in [-0.39, 0.29) is 5.78 Å². The molecule has 3 aromatic rings. The summed E-state index contributed by atoms with van der Waals surface area (Å²) >= 11 is 1.67. The van der Waals surface area contributed by atoms with Crippen molar-refractivity contribution in [3.8, 4) is 0 Å². The predicted octanol–water partition coefficient (Wildman–Crippen LogP) is 5.01. The number of rotatable bonds is 0. The molecule has 23 heavy (non-hydrogen) atoms. The van der Waals surface area contributed by atoms with Crippen molar-refractivity contribution in [1.29, 1.82) is 0 Å². The van der Waals surface area contributed by atoms with E-state index in [4.69, 9.17) is 0 Å². The molecule has 3 aromatic carbocycles. The third kappa shape index (κ3) is 1.87. The van der Waals surface area contributed by atoms with Gasteiger partial charge in [0.25, 0.3) is 0 Å². The maximum Gasteiger partial charge on any atom is 0.192 e. The molecule has 2 nitrogen and oxygen atoms in total. The van der Waals surface area contributed by atoms with Crippen molar-refractivity contribution in [3.05, 3.63) is 82.4 Å². The fraction of sp³-hybridized carbons (Fsp3) is 0.0500. The van der Waals surface area contributed by atoms with Gasteiger partial charge < -0.3 is 5.32 Å². The Morgan fingerprint density at radius 2 is 1.74 bits per heavy atom. The van der Waals surface area contributed by atoms with E-state index >= 15 is 0 Å². The Bertz CT molecular complexity index is 1020. The van der Waals surface area contributed by atoms with Gasteiger partial charge in [0, 0.05) is 27.8 Å². The van der Waals surface area contributed by atoms with E-state index in [1.54, 1.807) is 11.8 Å². The highest BCUT2D eigenvalue weighted by Gasteiger charge is 2.30. The van der Waals surface area contributed by atoms with Gasteiger partial charge in [-0.2, -0.15) is 0 Å². The SMILES string of the molecule is O=C1/C(=C2/Nc3c(ccc4ccccc34)S2)Cc2ccccc21. The van der Waals surface area contributed by atoms with E-state index in [9.17, 15) is 4.79 Å². The van der Waals surface area contributed by atoms with Crippen molar-refractivity contribution in [3.63, 3.8) is 0 Å². The van der Waals surface area contributed by atoms with Crippen molar-refractivity contribution in [2.75, 3.05) is 5.32 Å². The maximum atomic E-state index is 12.7. The molecule has 0 bridgehead atoms. The van der Waals surface area contributed by atoms with Gasteiger partial charge >= 0.3 is 0 Å². The number of ketones is 1. The Morgan fingerprint density at radius 1 is 0.913 bits per heavy atom. The summed E-state index contributed by atoms with van der Waals surface area (Å²) in [6, 6.07) is 20.5. The molecular weight excluding hydrogens is 302 g/mol. The number of nitrogens with one attached hydrogen (secondary N) is 1. The van der Waals surface area contributed by atoms with E-state index in [0.717, 1.165) is 33.8 Å². The van der Waals surface area contributed by atoms with Crippen LogP contribution in [0.5, 0.6) is 0 Å². The summed E-state index contributed by atoms with van der Waals surface area (Å²) in [4.78, 5) is 13.9. The second kappa shape index (κ2) is 4.74. The van der Waals surface area contributed by atoms with Crippen LogP contribution in [0.2, 0.25) is 0 Å². The van der Waals surface area contributed by atoms with Gasteiger partial charge in [-0.25, -0.2) is 0 Å². The number of carbonyl (C=O) groups excluding carboxylic acids is 1. The molecule has 0 aromatic heterocycles. The van der Waals surface area contributed by atoms with E-state index in [1.807, 2.05) is 30.3 Å². The fourth-order valence-electron chi connectivity index (χ4n) is 3.36. The van der Waals surface area contributed by atoms with Crippen LogP contribution in [0.4, 0.5) is 5.69 Å². The number of hydrogen-bond acceptors (Lipinski definition) is 3. The number of fused-ring (bicyclic) bond motifs is 4. The van der Waals surface area contributed by atoms with Crippen LogP contribution in [0.3, 0.4) is 0 Å².